The highest BCUT2D eigenvalue weighted by molar-refractivity contribution is 5.88. The second kappa shape index (κ2) is 5.57. The number of ether oxygens (including phenoxy) is 1. The fourth-order valence-corrected chi connectivity index (χ4v) is 2.31. The maximum absolute atomic E-state index is 11.9. The molecule has 5 heteroatoms. The number of pyridine rings is 1. The van der Waals surface area contributed by atoms with Gasteiger partial charge in [0, 0.05) is 18.3 Å². The van der Waals surface area contributed by atoms with Crippen LogP contribution < -0.4 is 10.6 Å². The van der Waals surface area contributed by atoms with E-state index in [1.807, 2.05) is 32.9 Å². The Bertz CT molecular complexity index is 460. The number of rotatable bonds is 2. The van der Waals surface area contributed by atoms with Crippen LogP contribution in [0.15, 0.2) is 18.2 Å². The summed E-state index contributed by atoms with van der Waals surface area (Å²) in [5.74, 6) is 0.573. The molecule has 0 unspecified atom stereocenters. The zero-order chi connectivity index (χ0) is 13.9. The van der Waals surface area contributed by atoms with Gasteiger partial charge in [0.15, 0.2) is 0 Å². The molecule has 1 fully saturated rings. The number of nitrogens with zero attached hydrogens (tertiary/aromatic N) is 1. The molecule has 104 valence electrons. The zero-order valence-electron chi connectivity index (χ0n) is 11.7. The van der Waals surface area contributed by atoms with E-state index < -0.39 is 0 Å². The molecule has 1 aliphatic heterocycles. The van der Waals surface area contributed by atoms with Gasteiger partial charge in [-0.1, -0.05) is 6.07 Å². The minimum atomic E-state index is -0.208. The molecule has 0 aliphatic carbocycles. The van der Waals surface area contributed by atoms with Crippen molar-refractivity contribution in [2.45, 2.75) is 45.3 Å². The molecule has 2 N–H and O–H groups in total. The molecule has 2 rings (SSSR count). The van der Waals surface area contributed by atoms with Crippen LogP contribution in [0.25, 0.3) is 0 Å². The third-order valence-electron chi connectivity index (χ3n) is 3.16. The van der Waals surface area contributed by atoms with Crippen LogP contribution in [0.4, 0.5) is 10.6 Å². The molecule has 1 saturated heterocycles. The normalized spacial score (nSPS) is 21.7. The Hall–Kier alpha value is -1.62. The zero-order valence-corrected chi connectivity index (χ0v) is 11.7. The summed E-state index contributed by atoms with van der Waals surface area (Å²) in [5.41, 5.74) is 0.711. The van der Waals surface area contributed by atoms with Gasteiger partial charge in [0.05, 0.1) is 5.60 Å². The molecule has 0 spiro atoms. The van der Waals surface area contributed by atoms with Gasteiger partial charge >= 0.3 is 6.03 Å². The molecule has 0 aromatic carbocycles. The van der Waals surface area contributed by atoms with Crippen LogP contribution in [0, 0.1) is 6.92 Å². The minimum Gasteiger partial charge on any atom is -0.375 e. The third kappa shape index (κ3) is 4.21. The summed E-state index contributed by atoms with van der Waals surface area (Å²) in [6.45, 7) is 6.66. The second-order valence-electron chi connectivity index (χ2n) is 5.56. The summed E-state index contributed by atoms with van der Waals surface area (Å²) < 4.78 is 5.63. The average molecular weight is 263 g/mol. The molecule has 5 nitrogen and oxygen atoms in total. The maximum atomic E-state index is 11.9. The van der Waals surface area contributed by atoms with Crippen LogP contribution in [0.3, 0.4) is 0 Å². The van der Waals surface area contributed by atoms with Crippen molar-refractivity contribution in [3.05, 3.63) is 23.9 Å². The van der Waals surface area contributed by atoms with Crippen LogP contribution in [0.1, 0.15) is 32.4 Å². The summed E-state index contributed by atoms with van der Waals surface area (Å²) in [5, 5.41) is 5.73. The molecular formula is C14H21N3O2. The first-order chi connectivity index (χ1) is 8.94. The molecule has 0 radical (unpaired) electrons. The highest BCUT2D eigenvalue weighted by atomic mass is 16.5. The predicted molar refractivity (Wildman–Crippen MR) is 74.2 cm³/mol. The van der Waals surface area contributed by atoms with Crippen molar-refractivity contribution >= 4 is 11.8 Å². The molecule has 0 bridgehead atoms. The van der Waals surface area contributed by atoms with E-state index in [-0.39, 0.29) is 17.7 Å². The number of aromatic nitrogens is 1. The van der Waals surface area contributed by atoms with E-state index in [0.717, 1.165) is 18.5 Å². The van der Waals surface area contributed by atoms with Crippen LogP contribution in [0.5, 0.6) is 0 Å². The van der Waals surface area contributed by atoms with E-state index in [2.05, 4.69) is 15.6 Å². The Morgan fingerprint density at radius 1 is 1.47 bits per heavy atom. The number of hydrogen-bond donors (Lipinski definition) is 2. The van der Waals surface area contributed by atoms with Crippen molar-refractivity contribution in [3.63, 3.8) is 0 Å². The molecule has 2 heterocycles. The number of carbonyl (C=O) groups excluding carboxylic acids is 1. The topological polar surface area (TPSA) is 63.2 Å². The Morgan fingerprint density at radius 3 is 2.95 bits per heavy atom. The highest BCUT2D eigenvalue weighted by Crippen LogP contribution is 2.23. The first-order valence-electron chi connectivity index (χ1n) is 6.60. The fraction of sp³-hybridized carbons (Fsp3) is 0.571. The minimum absolute atomic E-state index is 0.147. The van der Waals surface area contributed by atoms with E-state index >= 15 is 0 Å². The van der Waals surface area contributed by atoms with Crippen molar-refractivity contribution in [3.8, 4) is 0 Å². The number of aryl methyl sites for hydroxylation is 1. The van der Waals surface area contributed by atoms with Gasteiger partial charge in [-0.3, -0.25) is 5.32 Å². The molecule has 1 aromatic heterocycles. The number of hydrogen-bond acceptors (Lipinski definition) is 3. The van der Waals surface area contributed by atoms with Crippen molar-refractivity contribution < 1.29 is 9.53 Å². The number of anilines is 1. The largest absolute Gasteiger partial charge is 0.375 e. The number of carbonyl (C=O) groups is 1. The Kier molecular flexibility index (Phi) is 4.04. The number of nitrogens with one attached hydrogen (secondary N) is 2. The average Bonchev–Trinajstić information content (AvgIpc) is 2.27. The van der Waals surface area contributed by atoms with Gasteiger partial charge in [-0.15, -0.1) is 0 Å². The molecule has 1 aromatic rings. The lowest BCUT2D eigenvalue weighted by atomic mass is 9.94. The Labute approximate surface area is 113 Å². The van der Waals surface area contributed by atoms with Crippen LogP contribution in [0.2, 0.25) is 0 Å². The molecular weight excluding hydrogens is 242 g/mol. The van der Waals surface area contributed by atoms with Gasteiger partial charge in [0.2, 0.25) is 0 Å². The van der Waals surface area contributed by atoms with Gasteiger partial charge in [-0.2, -0.15) is 0 Å². The number of urea groups is 1. The summed E-state index contributed by atoms with van der Waals surface area (Å²) in [6.07, 6.45) is 1.67. The quantitative estimate of drug-likeness (QED) is 0.861. The molecule has 19 heavy (non-hydrogen) atoms. The van der Waals surface area contributed by atoms with Gasteiger partial charge in [0.1, 0.15) is 5.82 Å². The predicted octanol–water partition coefficient (Wildman–Crippen LogP) is 2.47. The third-order valence-corrected chi connectivity index (χ3v) is 3.16. The lowest BCUT2D eigenvalue weighted by Gasteiger charge is -2.35. The molecule has 1 atom stereocenters. The fourth-order valence-electron chi connectivity index (χ4n) is 2.31. The standard InChI is InChI=1S/C14H21N3O2/c1-10-5-4-6-12(15-10)17-13(18)16-11-7-8-19-14(2,3)9-11/h4-6,11H,7-9H2,1-3H3,(H2,15,16,17,18)/t11-/m0/s1. The Morgan fingerprint density at radius 2 is 2.26 bits per heavy atom. The lowest BCUT2D eigenvalue weighted by molar-refractivity contribution is -0.0609. The lowest BCUT2D eigenvalue weighted by Crippen LogP contribution is -2.47. The van der Waals surface area contributed by atoms with Gasteiger partial charge in [0.25, 0.3) is 0 Å². The van der Waals surface area contributed by atoms with Crippen molar-refractivity contribution in [1.29, 1.82) is 0 Å². The van der Waals surface area contributed by atoms with E-state index in [9.17, 15) is 4.79 Å². The first-order valence-corrected chi connectivity index (χ1v) is 6.60. The van der Waals surface area contributed by atoms with E-state index in [4.69, 9.17) is 4.74 Å². The van der Waals surface area contributed by atoms with E-state index in [1.165, 1.54) is 0 Å². The van der Waals surface area contributed by atoms with Gasteiger partial charge in [-0.05, 0) is 45.7 Å². The number of amides is 2. The van der Waals surface area contributed by atoms with E-state index in [1.54, 1.807) is 6.07 Å². The van der Waals surface area contributed by atoms with E-state index in [0.29, 0.717) is 12.4 Å². The molecule has 0 saturated carbocycles. The summed E-state index contributed by atoms with van der Waals surface area (Å²) in [4.78, 5) is 16.1. The maximum Gasteiger partial charge on any atom is 0.320 e. The molecule has 2 amide bonds. The summed E-state index contributed by atoms with van der Waals surface area (Å²) in [7, 11) is 0. The summed E-state index contributed by atoms with van der Waals surface area (Å²) >= 11 is 0. The monoisotopic (exact) mass is 263 g/mol. The smallest absolute Gasteiger partial charge is 0.320 e. The van der Waals surface area contributed by atoms with Crippen molar-refractivity contribution in [2.24, 2.45) is 0 Å². The van der Waals surface area contributed by atoms with Gasteiger partial charge in [-0.25, -0.2) is 9.78 Å². The van der Waals surface area contributed by atoms with Crippen LogP contribution in [-0.2, 0) is 4.74 Å². The summed E-state index contributed by atoms with van der Waals surface area (Å²) in [6, 6.07) is 5.48. The SMILES string of the molecule is Cc1cccc(NC(=O)N[C@H]2CCOC(C)(C)C2)n1. The molecule has 1 aliphatic rings. The first kappa shape index (κ1) is 13.8. The van der Waals surface area contributed by atoms with Gasteiger partial charge < -0.3 is 10.1 Å². The highest BCUT2D eigenvalue weighted by Gasteiger charge is 2.29. The van der Waals surface area contributed by atoms with Crippen LogP contribution in [-0.4, -0.2) is 29.3 Å². The Balaban J connectivity index is 1.87. The van der Waals surface area contributed by atoms with Crippen molar-refractivity contribution in [1.82, 2.24) is 10.3 Å². The second-order valence-corrected chi connectivity index (χ2v) is 5.56. The van der Waals surface area contributed by atoms with Crippen LogP contribution >= 0.6 is 0 Å². The van der Waals surface area contributed by atoms with Crippen molar-refractivity contribution in [2.75, 3.05) is 11.9 Å².